The fourth-order valence-corrected chi connectivity index (χ4v) is 3.88. The molecule has 3 heteroatoms. The van der Waals surface area contributed by atoms with Crippen LogP contribution in [-0.2, 0) is 0 Å². The molecule has 0 spiro atoms. The fraction of sp³-hybridized carbons (Fsp3) is 1.00. The van der Waals surface area contributed by atoms with Crippen molar-refractivity contribution in [2.24, 2.45) is 17.1 Å². The number of hydrogen-bond donors (Lipinski definition) is 2. The van der Waals surface area contributed by atoms with Crippen molar-refractivity contribution in [1.29, 1.82) is 0 Å². The molecule has 2 aliphatic rings. The predicted molar refractivity (Wildman–Crippen MR) is 80.0 cm³/mol. The first-order valence-electron chi connectivity index (χ1n) is 8.24. The van der Waals surface area contributed by atoms with Crippen molar-refractivity contribution in [3.63, 3.8) is 0 Å². The van der Waals surface area contributed by atoms with Gasteiger partial charge >= 0.3 is 0 Å². The van der Waals surface area contributed by atoms with Crippen LogP contribution in [0.25, 0.3) is 0 Å². The average Bonchev–Trinajstić information content (AvgIpc) is 2.66. The summed E-state index contributed by atoms with van der Waals surface area (Å²) in [4.78, 5) is 2.55. The summed E-state index contributed by atoms with van der Waals surface area (Å²) in [5.74, 6) is 0.873. The number of hydrogen-bond acceptors (Lipinski definition) is 3. The summed E-state index contributed by atoms with van der Waals surface area (Å²) < 4.78 is 0. The van der Waals surface area contributed by atoms with Gasteiger partial charge in [0.15, 0.2) is 0 Å². The van der Waals surface area contributed by atoms with Crippen LogP contribution in [0.2, 0.25) is 0 Å². The molecule has 1 saturated heterocycles. The van der Waals surface area contributed by atoms with E-state index >= 15 is 0 Å². The third-order valence-corrected chi connectivity index (χ3v) is 5.52. The van der Waals surface area contributed by atoms with Crippen molar-refractivity contribution < 1.29 is 5.11 Å². The molecule has 0 amide bonds. The molecule has 3 N–H and O–H groups in total. The lowest BCUT2D eigenvalue weighted by Crippen LogP contribution is -2.49. The lowest BCUT2D eigenvalue weighted by atomic mass is 9.70. The smallest absolute Gasteiger partial charge is 0.0586 e. The highest BCUT2D eigenvalue weighted by Gasteiger charge is 2.36. The predicted octanol–water partition coefficient (Wildman–Crippen LogP) is 2.38. The molecule has 2 rings (SSSR count). The van der Waals surface area contributed by atoms with Gasteiger partial charge in [0.25, 0.3) is 0 Å². The van der Waals surface area contributed by atoms with Crippen LogP contribution in [0.15, 0.2) is 0 Å². The van der Waals surface area contributed by atoms with Gasteiger partial charge in [0.2, 0.25) is 0 Å². The zero-order valence-electron chi connectivity index (χ0n) is 12.6. The Morgan fingerprint density at radius 3 is 2.53 bits per heavy atom. The Morgan fingerprint density at radius 1 is 1.16 bits per heavy atom. The maximum Gasteiger partial charge on any atom is 0.0586 e. The molecule has 0 bridgehead atoms. The van der Waals surface area contributed by atoms with E-state index in [9.17, 15) is 5.11 Å². The molecule has 0 aromatic heterocycles. The molecule has 2 fully saturated rings. The van der Waals surface area contributed by atoms with E-state index in [1.54, 1.807) is 0 Å². The minimum absolute atomic E-state index is 0.317. The lowest BCUT2D eigenvalue weighted by Gasteiger charge is -2.43. The van der Waals surface area contributed by atoms with Gasteiger partial charge in [0.1, 0.15) is 0 Å². The number of aliphatic hydroxyl groups excluding tert-OH is 1. The van der Waals surface area contributed by atoms with Crippen molar-refractivity contribution in [2.45, 2.75) is 64.3 Å². The summed E-state index contributed by atoms with van der Waals surface area (Å²) in [5.41, 5.74) is 6.46. The van der Waals surface area contributed by atoms with E-state index in [0.29, 0.717) is 18.1 Å². The lowest BCUT2D eigenvalue weighted by molar-refractivity contribution is 0.0493. The minimum atomic E-state index is 0.317. The summed E-state index contributed by atoms with van der Waals surface area (Å²) in [5, 5.41) is 9.64. The van der Waals surface area contributed by atoms with Crippen molar-refractivity contribution >= 4 is 0 Å². The summed E-state index contributed by atoms with van der Waals surface area (Å²) in [6, 6.07) is 0.380. The van der Waals surface area contributed by atoms with Crippen LogP contribution in [0.1, 0.15) is 58.3 Å². The van der Waals surface area contributed by atoms with Crippen LogP contribution in [0, 0.1) is 11.3 Å². The highest BCUT2D eigenvalue weighted by molar-refractivity contribution is 4.90. The third kappa shape index (κ3) is 3.93. The number of nitrogens with zero attached hydrogens (tertiary/aromatic N) is 1. The first kappa shape index (κ1) is 15.3. The number of rotatable bonds is 4. The quantitative estimate of drug-likeness (QED) is 0.823. The fourth-order valence-electron chi connectivity index (χ4n) is 3.88. The van der Waals surface area contributed by atoms with E-state index < -0.39 is 0 Å². The Balaban J connectivity index is 1.99. The van der Waals surface area contributed by atoms with Crippen molar-refractivity contribution in [1.82, 2.24) is 4.90 Å². The highest BCUT2D eigenvalue weighted by Crippen LogP contribution is 2.39. The van der Waals surface area contributed by atoms with Gasteiger partial charge in [0.05, 0.1) is 6.61 Å². The van der Waals surface area contributed by atoms with Gasteiger partial charge in [0, 0.05) is 12.6 Å². The second kappa shape index (κ2) is 7.05. The van der Waals surface area contributed by atoms with Gasteiger partial charge in [-0.05, 0) is 50.1 Å². The molecular formula is C16H32N2O. The Hall–Kier alpha value is -0.120. The van der Waals surface area contributed by atoms with Gasteiger partial charge in [-0.3, -0.25) is 4.90 Å². The number of likely N-dealkylation sites (tertiary alicyclic amines) is 1. The molecule has 1 saturated carbocycles. The van der Waals surface area contributed by atoms with E-state index in [-0.39, 0.29) is 0 Å². The second-order valence-corrected chi connectivity index (χ2v) is 7.04. The van der Waals surface area contributed by atoms with Crippen molar-refractivity contribution in [3.05, 3.63) is 0 Å². The molecule has 1 atom stereocenters. The zero-order chi connectivity index (χ0) is 13.7. The van der Waals surface area contributed by atoms with Gasteiger partial charge in [-0.2, -0.15) is 0 Å². The standard InChI is InChI=1S/C16H32N2O/c1-14-6-8-16(12-17,9-7-14)13-18-10-4-2-3-5-15(18)11-19/h14-15,19H,2-13,17H2,1H3. The van der Waals surface area contributed by atoms with Crippen LogP contribution in [0.3, 0.4) is 0 Å². The van der Waals surface area contributed by atoms with E-state index in [4.69, 9.17) is 5.73 Å². The summed E-state index contributed by atoms with van der Waals surface area (Å²) in [6.07, 6.45) is 10.2. The Labute approximate surface area is 118 Å². The summed E-state index contributed by atoms with van der Waals surface area (Å²) in [6.45, 7) is 5.76. The number of aliphatic hydroxyl groups is 1. The second-order valence-electron chi connectivity index (χ2n) is 7.04. The monoisotopic (exact) mass is 268 g/mol. The average molecular weight is 268 g/mol. The van der Waals surface area contributed by atoms with E-state index in [1.165, 1.54) is 44.9 Å². The molecule has 19 heavy (non-hydrogen) atoms. The van der Waals surface area contributed by atoms with Crippen LogP contribution >= 0.6 is 0 Å². The summed E-state index contributed by atoms with van der Waals surface area (Å²) >= 11 is 0. The molecule has 112 valence electrons. The molecule has 1 aliphatic heterocycles. The Kier molecular flexibility index (Phi) is 5.67. The Morgan fingerprint density at radius 2 is 1.89 bits per heavy atom. The molecule has 1 aliphatic carbocycles. The first-order valence-corrected chi connectivity index (χ1v) is 8.24. The van der Waals surface area contributed by atoms with Crippen LogP contribution in [0.4, 0.5) is 0 Å². The largest absolute Gasteiger partial charge is 0.395 e. The van der Waals surface area contributed by atoms with Gasteiger partial charge in [-0.25, -0.2) is 0 Å². The van der Waals surface area contributed by atoms with Gasteiger partial charge in [-0.15, -0.1) is 0 Å². The van der Waals surface area contributed by atoms with Gasteiger partial charge in [-0.1, -0.05) is 32.6 Å². The molecule has 1 unspecified atom stereocenters. The SMILES string of the molecule is CC1CCC(CN)(CN2CCCCCC2CO)CC1. The van der Waals surface area contributed by atoms with E-state index in [0.717, 1.165) is 32.0 Å². The Bertz CT molecular complexity index is 261. The number of nitrogens with two attached hydrogens (primary N) is 1. The van der Waals surface area contributed by atoms with Crippen LogP contribution in [-0.4, -0.2) is 42.3 Å². The molecular weight excluding hydrogens is 236 g/mol. The van der Waals surface area contributed by atoms with Crippen molar-refractivity contribution in [3.8, 4) is 0 Å². The van der Waals surface area contributed by atoms with E-state index in [2.05, 4.69) is 11.8 Å². The normalized spacial score (nSPS) is 38.1. The topological polar surface area (TPSA) is 49.5 Å². The molecule has 1 heterocycles. The molecule has 0 aromatic rings. The maximum atomic E-state index is 9.64. The zero-order valence-corrected chi connectivity index (χ0v) is 12.6. The van der Waals surface area contributed by atoms with Crippen molar-refractivity contribution in [2.75, 3.05) is 26.2 Å². The first-order chi connectivity index (χ1) is 9.19. The summed E-state index contributed by atoms with van der Waals surface area (Å²) in [7, 11) is 0. The van der Waals surface area contributed by atoms with E-state index in [1.807, 2.05) is 0 Å². The molecule has 0 radical (unpaired) electrons. The highest BCUT2D eigenvalue weighted by atomic mass is 16.3. The minimum Gasteiger partial charge on any atom is -0.395 e. The maximum absolute atomic E-state index is 9.64. The third-order valence-electron chi connectivity index (χ3n) is 5.52. The van der Waals surface area contributed by atoms with Gasteiger partial charge < -0.3 is 10.8 Å². The molecule has 3 nitrogen and oxygen atoms in total. The van der Waals surface area contributed by atoms with Crippen LogP contribution < -0.4 is 5.73 Å². The molecule has 0 aromatic carbocycles. The van der Waals surface area contributed by atoms with Crippen LogP contribution in [0.5, 0.6) is 0 Å².